The summed E-state index contributed by atoms with van der Waals surface area (Å²) in [6, 6.07) is 0. The molecule has 1 atom stereocenters. The number of carbonyl (C=O) groups is 2. The smallest absolute Gasteiger partial charge is 0.239 e. The molecule has 0 bridgehead atoms. The fourth-order valence-corrected chi connectivity index (χ4v) is 2.46. The van der Waals surface area contributed by atoms with Gasteiger partial charge in [-0.15, -0.1) is 0 Å². The van der Waals surface area contributed by atoms with E-state index in [0.717, 1.165) is 19.3 Å². The fourth-order valence-electron chi connectivity index (χ4n) is 2.46. The quantitative estimate of drug-likeness (QED) is 0.614. The van der Waals surface area contributed by atoms with Crippen molar-refractivity contribution in [3.05, 3.63) is 0 Å². The first-order valence-electron chi connectivity index (χ1n) is 7.33. The summed E-state index contributed by atoms with van der Waals surface area (Å²) >= 11 is 0. The van der Waals surface area contributed by atoms with Gasteiger partial charge < -0.3 is 15.7 Å². The van der Waals surface area contributed by atoms with Crippen molar-refractivity contribution in [1.82, 2.24) is 10.6 Å². The third-order valence-corrected chi connectivity index (χ3v) is 3.55. The Labute approximate surface area is 115 Å². The first-order valence-corrected chi connectivity index (χ1v) is 7.33. The zero-order chi connectivity index (χ0) is 14.1. The van der Waals surface area contributed by atoms with Gasteiger partial charge in [-0.2, -0.15) is 0 Å². The van der Waals surface area contributed by atoms with Crippen LogP contribution < -0.4 is 10.6 Å². The number of rotatable bonds is 8. The Morgan fingerprint density at radius 1 is 1.21 bits per heavy atom. The van der Waals surface area contributed by atoms with Crippen molar-refractivity contribution in [2.45, 2.75) is 58.0 Å². The van der Waals surface area contributed by atoms with Gasteiger partial charge in [-0.25, -0.2) is 0 Å². The molecule has 110 valence electrons. The van der Waals surface area contributed by atoms with Crippen molar-refractivity contribution in [3.63, 3.8) is 0 Å². The third-order valence-electron chi connectivity index (χ3n) is 3.55. The Kier molecular flexibility index (Phi) is 7.48. The van der Waals surface area contributed by atoms with Crippen LogP contribution in [0.3, 0.4) is 0 Å². The molecule has 0 aromatic carbocycles. The summed E-state index contributed by atoms with van der Waals surface area (Å²) in [6.07, 6.45) is 6.28. The van der Waals surface area contributed by atoms with E-state index in [0.29, 0.717) is 18.8 Å². The number of amides is 2. The van der Waals surface area contributed by atoms with Crippen LogP contribution in [0.5, 0.6) is 0 Å². The van der Waals surface area contributed by atoms with Crippen molar-refractivity contribution >= 4 is 11.8 Å². The maximum absolute atomic E-state index is 11.6. The number of hydrogen-bond donors (Lipinski definition) is 3. The first kappa shape index (κ1) is 16.0. The second-order valence-electron chi connectivity index (χ2n) is 5.38. The molecule has 0 spiro atoms. The summed E-state index contributed by atoms with van der Waals surface area (Å²) in [7, 11) is 0. The lowest BCUT2D eigenvalue weighted by Crippen LogP contribution is -2.40. The van der Waals surface area contributed by atoms with Crippen LogP contribution in [0.2, 0.25) is 0 Å². The molecule has 0 aromatic heterocycles. The molecule has 1 aliphatic carbocycles. The van der Waals surface area contributed by atoms with E-state index in [-0.39, 0.29) is 24.9 Å². The first-order chi connectivity index (χ1) is 9.11. The van der Waals surface area contributed by atoms with Crippen molar-refractivity contribution < 1.29 is 14.7 Å². The molecule has 0 aromatic rings. The topological polar surface area (TPSA) is 78.4 Å². The molecule has 0 radical (unpaired) electrons. The second-order valence-corrected chi connectivity index (χ2v) is 5.38. The fraction of sp³-hybridized carbons (Fsp3) is 0.857. The molecule has 0 saturated heterocycles. The Morgan fingerprint density at radius 3 is 2.53 bits per heavy atom. The van der Waals surface area contributed by atoms with E-state index in [1.54, 1.807) is 0 Å². The summed E-state index contributed by atoms with van der Waals surface area (Å²) in [5.41, 5.74) is 0. The highest BCUT2D eigenvalue weighted by atomic mass is 16.3. The Hall–Kier alpha value is -1.10. The molecule has 0 heterocycles. The Bertz CT molecular complexity index is 288. The van der Waals surface area contributed by atoms with E-state index in [2.05, 4.69) is 10.6 Å². The van der Waals surface area contributed by atoms with Gasteiger partial charge in [0, 0.05) is 13.0 Å². The minimum atomic E-state index is -0.497. The largest absolute Gasteiger partial charge is 0.391 e. The van der Waals surface area contributed by atoms with Crippen LogP contribution in [0.25, 0.3) is 0 Å². The number of aliphatic hydroxyl groups excluding tert-OH is 1. The molecule has 0 aliphatic heterocycles. The van der Waals surface area contributed by atoms with E-state index in [4.69, 9.17) is 0 Å². The summed E-state index contributed by atoms with van der Waals surface area (Å²) in [5.74, 6) is 0.209. The predicted molar refractivity (Wildman–Crippen MR) is 73.5 cm³/mol. The maximum atomic E-state index is 11.6. The van der Waals surface area contributed by atoms with Gasteiger partial charge in [0.15, 0.2) is 0 Å². The summed E-state index contributed by atoms with van der Waals surface area (Å²) < 4.78 is 0. The van der Waals surface area contributed by atoms with Crippen LogP contribution in [0.15, 0.2) is 0 Å². The second kappa shape index (κ2) is 8.91. The van der Waals surface area contributed by atoms with E-state index in [9.17, 15) is 14.7 Å². The van der Waals surface area contributed by atoms with Gasteiger partial charge >= 0.3 is 0 Å². The van der Waals surface area contributed by atoms with Gasteiger partial charge in [-0.05, 0) is 25.2 Å². The minimum Gasteiger partial charge on any atom is -0.391 e. The molecular weight excluding hydrogens is 244 g/mol. The predicted octanol–water partition coefficient (Wildman–Crippen LogP) is 0.960. The van der Waals surface area contributed by atoms with Crippen LogP contribution in [0.1, 0.15) is 51.9 Å². The van der Waals surface area contributed by atoms with Gasteiger partial charge in [0.2, 0.25) is 11.8 Å². The number of carbonyl (C=O) groups excluding carboxylic acids is 2. The molecule has 19 heavy (non-hydrogen) atoms. The van der Waals surface area contributed by atoms with Gasteiger partial charge in [0.25, 0.3) is 0 Å². The molecule has 1 saturated carbocycles. The van der Waals surface area contributed by atoms with Crippen molar-refractivity contribution in [1.29, 1.82) is 0 Å². The molecule has 1 aliphatic rings. The molecule has 1 unspecified atom stereocenters. The molecule has 1 rings (SSSR count). The van der Waals surface area contributed by atoms with Crippen LogP contribution in [-0.2, 0) is 9.59 Å². The molecule has 5 nitrogen and oxygen atoms in total. The van der Waals surface area contributed by atoms with E-state index >= 15 is 0 Å². The highest BCUT2D eigenvalue weighted by Gasteiger charge is 2.18. The highest BCUT2D eigenvalue weighted by molar-refractivity contribution is 5.84. The van der Waals surface area contributed by atoms with Crippen LogP contribution in [0.4, 0.5) is 0 Å². The van der Waals surface area contributed by atoms with Gasteiger partial charge in [-0.1, -0.05) is 26.2 Å². The maximum Gasteiger partial charge on any atom is 0.239 e. The third kappa shape index (κ3) is 7.15. The van der Waals surface area contributed by atoms with Crippen LogP contribution in [0, 0.1) is 5.92 Å². The average molecular weight is 270 g/mol. The van der Waals surface area contributed by atoms with Crippen molar-refractivity contribution in [2.75, 3.05) is 13.1 Å². The minimum absolute atomic E-state index is 0.00436. The molecule has 3 N–H and O–H groups in total. The lowest BCUT2D eigenvalue weighted by Gasteiger charge is -2.12. The van der Waals surface area contributed by atoms with E-state index in [1.807, 2.05) is 6.92 Å². The zero-order valence-corrected chi connectivity index (χ0v) is 11.8. The van der Waals surface area contributed by atoms with Crippen LogP contribution in [-0.4, -0.2) is 36.1 Å². The Balaban J connectivity index is 2.06. The molecule has 5 heteroatoms. The van der Waals surface area contributed by atoms with Crippen molar-refractivity contribution in [3.8, 4) is 0 Å². The lowest BCUT2D eigenvalue weighted by molar-refractivity contribution is -0.126. The number of nitrogens with one attached hydrogen (secondary N) is 2. The normalized spacial score (nSPS) is 17.2. The lowest BCUT2D eigenvalue weighted by atomic mass is 10.0. The number of hydrogen-bond acceptors (Lipinski definition) is 3. The van der Waals surface area contributed by atoms with Crippen molar-refractivity contribution in [2.24, 2.45) is 5.92 Å². The monoisotopic (exact) mass is 270 g/mol. The van der Waals surface area contributed by atoms with Gasteiger partial charge in [-0.3, -0.25) is 9.59 Å². The SMILES string of the molecule is CCCC(O)CNC(=O)CNC(=O)CC1CCCC1. The molecular formula is C14H26N2O3. The van der Waals surface area contributed by atoms with Gasteiger partial charge in [0.1, 0.15) is 0 Å². The molecule has 1 fully saturated rings. The van der Waals surface area contributed by atoms with Crippen LogP contribution >= 0.6 is 0 Å². The summed E-state index contributed by atoms with van der Waals surface area (Å²) in [6.45, 7) is 2.24. The van der Waals surface area contributed by atoms with E-state index < -0.39 is 6.10 Å². The molecule has 2 amide bonds. The summed E-state index contributed by atoms with van der Waals surface area (Å²) in [4.78, 5) is 23.1. The number of aliphatic hydroxyl groups is 1. The summed E-state index contributed by atoms with van der Waals surface area (Å²) in [5, 5.41) is 14.7. The van der Waals surface area contributed by atoms with E-state index in [1.165, 1.54) is 12.8 Å². The Morgan fingerprint density at radius 2 is 1.89 bits per heavy atom. The van der Waals surface area contributed by atoms with Gasteiger partial charge in [0.05, 0.1) is 12.6 Å². The average Bonchev–Trinajstić information content (AvgIpc) is 2.87. The standard InChI is InChI=1S/C14H26N2O3/c1-2-5-12(17)9-15-14(19)10-16-13(18)8-11-6-3-4-7-11/h11-12,17H,2-10H2,1H3,(H,15,19)(H,16,18). The zero-order valence-electron chi connectivity index (χ0n) is 11.8. The highest BCUT2D eigenvalue weighted by Crippen LogP contribution is 2.27.